The molecule has 2 amide bonds. The van der Waals surface area contributed by atoms with Crippen LogP contribution in [0.5, 0.6) is 0 Å². The Balaban J connectivity index is 1.56. The molecule has 0 bridgehead atoms. The van der Waals surface area contributed by atoms with Gasteiger partial charge in [0.05, 0.1) is 6.42 Å². The van der Waals surface area contributed by atoms with Crippen molar-refractivity contribution in [1.82, 2.24) is 10.2 Å². The van der Waals surface area contributed by atoms with Crippen LogP contribution in [0.15, 0.2) is 18.2 Å². The Morgan fingerprint density at radius 3 is 2.90 bits per heavy atom. The maximum Gasteiger partial charge on any atom is 0.251 e. The number of benzene rings is 1. The van der Waals surface area contributed by atoms with Crippen LogP contribution in [0.25, 0.3) is 0 Å². The highest BCUT2D eigenvalue weighted by molar-refractivity contribution is 6.02. The zero-order chi connectivity index (χ0) is 14.8. The summed E-state index contributed by atoms with van der Waals surface area (Å²) in [5.41, 5.74) is 2.35. The minimum absolute atomic E-state index is 0.00566. The van der Waals surface area contributed by atoms with Gasteiger partial charge in [-0.05, 0) is 56.6 Å². The second kappa shape index (κ2) is 5.85. The number of carbonyl (C=O) groups excluding carboxylic acids is 2. The summed E-state index contributed by atoms with van der Waals surface area (Å²) in [7, 11) is 2.13. The Kier molecular flexibility index (Phi) is 3.92. The molecule has 0 atom stereocenters. The zero-order valence-corrected chi connectivity index (χ0v) is 12.3. The molecule has 2 N–H and O–H groups in total. The SMILES string of the molecule is CN1CCC(CNC(=O)c2ccc3c(c2)NC(=O)C3)CC1. The Labute approximate surface area is 124 Å². The van der Waals surface area contributed by atoms with E-state index >= 15 is 0 Å². The van der Waals surface area contributed by atoms with Gasteiger partial charge in [-0.1, -0.05) is 6.07 Å². The minimum Gasteiger partial charge on any atom is -0.352 e. The van der Waals surface area contributed by atoms with Gasteiger partial charge in [-0.15, -0.1) is 0 Å². The highest BCUT2D eigenvalue weighted by atomic mass is 16.2. The van der Waals surface area contributed by atoms with Crippen LogP contribution in [0.3, 0.4) is 0 Å². The molecule has 0 spiro atoms. The number of fused-ring (bicyclic) bond motifs is 1. The molecule has 0 aliphatic carbocycles. The lowest BCUT2D eigenvalue weighted by Crippen LogP contribution is -2.36. The van der Waals surface area contributed by atoms with Gasteiger partial charge in [-0.2, -0.15) is 0 Å². The number of amides is 2. The molecule has 1 aromatic rings. The number of likely N-dealkylation sites (tertiary alicyclic amines) is 1. The molecule has 1 fully saturated rings. The van der Waals surface area contributed by atoms with Crippen LogP contribution >= 0.6 is 0 Å². The number of piperidine rings is 1. The standard InChI is InChI=1S/C16H21N3O2/c1-19-6-4-11(5-7-19)10-17-16(21)13-3-2-12-9-15(20)18-14(12)8-13/h2-3,8,11H,4-7,9-10H2,1H3,(H,17,21)(H,18,20). The predicted molar refractivity (Wildman–Crippen MR) is 81.3 cm³/mol. The van der Waals surface area contributed by atoms with E-state index in [0.29, 0.717) is 17.9 Å². The Bertz CT molecular complexity index is 563. The summed E-state index contributed by atoms with van der Waals surface area (Å²) in [6.07, 6.45) is 2.68. The molecule has 2 aliphatic heterocycles. The average Bonchev–Trinajstić information content (AvgIpc) is 2.85. The second-order valence-electron chi connectivity index (χ2n) is 6.05. The highest BCUT2D eigenvalue weighted by Crippen LogP contribution is 2.24. The molecule has 1 aromatic carbocycles. The first-order valence-electron chi connectivity index (χ1n) is 7.51. The molecule has 2 aliphatic rings. The van der Waals surface area contributed by atoms with Crippen LogP contribution in [0, 0.1) is 5.92 Å². The molecule has 2 heterocycles. The third-order valence-corrected chi connectivity index (χ3v) is 4.39. The van der Waals surface area contributed by atoms with Gasteiger partial charge in [0.2, 0.25) is 5.91 Å². The zero-order valence-electron chi connectivity index (χ0n) is 12.3. The van der Waals surface area contributed by atoms with Gasteiger partial charge in [-0.25, -0.2) is 0 Å². The van der Waals surface area contributed by atoms with Crippen molar-refractivity contribution in [2.45, 2.75) is 19.3 Å². The predicted octanol–water partition coefficient (Wildman–Crippen LogP) is 1.25. The van der Waals surface area contributed by atoms with Crippen molar-refractivity contribution >= 4 is 17.5 Å². The molecule has 5 heteroatoms. The van der Waals surface area contributed by atoms with Gasteiger partial charge in [0.1, 0.15) is 0 Å². The maximum atomic E-state index is 12.2. The van der Waals surface area contributed by atoms with Crippen molar-refractivity contribution in [3.05, 3.63) is 29.3 Å². The summed E-state index contributed by atoms with van der Waals surface area (Å²) in [4.78, 5) is 25.8. The van der Waals surface area contributed by atoms with E-state index in [1.165, 1.54) is 0 Å². The largest absolute Gasteiger partial charge is 0.352 e. The van der Waals surface area contributed by atoms with Crippen molar-refractivity contribution in [1.29, 1.82) is 0 Å². The van der Waals surface area contributed by atoms with E-state index in [1.807, 2.05) is 6.07 Å². The van der Waals surface area contributed by atoms with Gasteiger partial charge in [0, 0.05) is 17.8 Å². The van der Waals surface area contributed by atoms with Crippen LogP contribution in [-0.2, 0) is 11.2 Å². The van der Waals surface area contributed by atoms with Gasteiger partial charge < -0.3 is 15.5 Å². The van der Waals surface area contributed by atoms with Gasteiger partial charge in [-0.3, -0.25) is 9.59 Å². The van der Waals surface area contributed by atoms with Crippen LogP contribution < -0.4 is 10.6 Å². The quantitative estimate of drug-likeness (QED) is 0.879. The monoisotopic (exact) mass is 287 g/mol. The fraction of sp³-hybridized carbons (Fsp3) is 0.500. The highest BCUT2D eigenvalue weighted by Gasteiger charge is 2.20. The molecule has 3 rings (SSSR count). The topological polar surface area (TPSA) is 61.4 Å². The van der Waals surface area contributed by atoms with Crippen LogP contribution in [0.4, 0.5) is 5.69 Å². The van der Waals surface area contributed by atoms with Gasteiger partial charge in [0.25, 0.3) is 5.91 Å². The summed E-state index contributed by atoms with van der Waals surface area (Å²) in [5, 5.41) is 5.79. The van der Waals surface area contributed by atoms with E-state index in [9.17, 15) is 9.59 Å². The molecule has 21 heavy (non-hydrogen) atoms. The summed E-state index contributed by atoms with van der Waals surface area (Å²) in [5.74, 6) is 0.506. The second-order valence-corrected chi connectivity index (χ2v) is 6.05. The number of anilines is 1. The summed E-state index contributed by atoms with van der Waals surface area (Å²) in [6.45, 7) is 2.94. The molecule has 1 saturated heterocycles. The van der Waals surface area contributed by atoms with E-state index in [0.717, 1.165) is 43.7 Å². The van der Waals surface area contributed by atoms with E-state index < -0.39 is 0 Å². The molecule has 112 valence electrons. The van der Waals surface area contributed by atoms with Crippen LogP contribution in [0.1, 0.15) is 28.8 Å². The fourth-order valence-corrected chi connectivity index (χ4v) is 2.96. The molecular formula is C16H21N3O2. The molecule has 5 nitrogen and oxygen atoms in total. The van der Waals surface area contributed by atoms with Crippen molar-refractivity contribution in [3.8, 4) is 0 Å². The van der Waals surface area contributed by atoms with Gasteiger partial charge >= 0.3 is 0 Å². The fourth-order valence-electron chi connectivity index (χ4n) is 2.96. The molecular weight excluding hydrogens is 266 g/mol. The maximum absolute atomic E-state index is 12.2. The minimum atomic E-state index is -0.0575. The van der Waals surface area contributed by atoms with Crippen LogP contribution in [0.2, 0.25) is 0 Å². The summed E-state index contributed by atoms with van der Waals surface area (Å²) >= 11 is 0. The van der Waals surface area contributed by atoms with Crippen molar-refractivity contribution in [2.75, 3.05) is 32.0 Å². The normalized spacial score (nSPS) is 19.2. The number of hydrogen-bond donors (Lipinski definition) is 2. The Morgan fingerprint density at radius 1 is 1.38 bits per heavy atom. The van der Waals surface area contributed by atoms with Crippen LogP contribution in [-0.4, -0.2) is 43.4 Å². The summed E-state index contributed by atoms with van der Waals surface area (Å²) < 4.78 is 0. The first-order chi connectivity index (χ1) is 10.1. The van der Waals surface area contributed by atoms with E-state index in [2.05, 4.69) is 22.6 Å². The number of nitrogens with one attached hydrogen (secondary N) is 2. The molecule has 0 unspecified atom stereocenters. The van der Waals surface area contributed by atoms with E-state index in [-0.39, 0.29) is 11.8 Å². The van der Waals surface area contributed by atoms with E-state index in [1.54, 1.807) is 12.1 Å². The number of nitrogens with zero attached hydrogens (tertiary/aromatic N) is 1. The Morgan fingerprint density at radius 2 is 2.14 bits per heavy atom. The number of rotatable bonds is 3. The lowest BCUT2D eigenvalue weighted by atomic mass is 9.97. The van der Waals surface area contributed by atoms with Crippen molar-refractivity contribution < 1.29 is 9.59 Å². The lowest BCUT2D eigenvalue weighted by Gasteiger charge is -2.28. The molecule has 0 radical (unpaired) electrons. The Hall–Kier alpha value is -1.88. The summed E-state index contributed by atoms with van der Waals surface area (Å²) in [6, 6.07) is 5.42. The first kappa shape index (κ1) is 14.1. The number of carbonyl (C=O) groups is 2. The van der Waals surface area contributed by atoms with Gasteiger partial charge in [0.15, 0.2) is 0 Å². The number of hydrogen-bond acceptors (Lipinski definition) is 3. The van der Waals surface area contributed by atoms with Crippen molar-refractivity contribution in [2.24, 2.45) is 5.92 Å². The first-order valence-corrected chi connectivity index (χ1v) is 7.51. The molecule has 0 saturated carbocycles. The lowest BCUT2D eigenvalue weighted by molar-refractivity contribution is -0.115. The van der Waals surface area contributed by atoms with Crippen molar-refractivity contribution in [3.63, 3.8) is 0 Å². The van der Waals surface area contributed by atoms with E-state index in [4.69, 9.17) is 0 Å². The molecule has 0 aromatic heterocycles. The third kappa shape index (κ3) is 3.24. The third-order valence-electron chi connectivity index (χ3n) is 4.39. The smallest absolute Gasteiger partial charge is 0.251 e. The average molecular weight is 287 g/mol.